The smallest absolute Gasteiger partial charge is 0.183 e. The van der Waals surface area contributed by atoms with Crippen molar-refractivity contribution in [2.75, 3.05) is 5.32 Å². The first kappa shape index (κ1) is 14.1. The highest BCUT2D eigenvalue weighted by Crippen LogP contribution is 2.24. The number of halogens is 1. The largest absolute Gasteiger partial charge is 0.380 e. The second-order valence-electron chi connectivity index (χ2n) is 4.88. The van der Waals surface area contributed by atoms with Gasteiger partial charge >= 0.3 is 0 Å². The number of aromatic nitrogens is 1. The third kappa shape index (κ3) is 3.63. The summed E-state index contributed by atoms with van der Waals surface area (Å²) in [7, 11) is 0. The van der Waals surface area contributed by atoms with Gasteiger partial charge < -0.3 is 5.32 Å². The van der Waals surface area contributed by atoms with Crippen LogP contribution < -0.4 is 5.32 Å². The summed E-state index contributed by atoms with van der Waals surface area (Å²) < 4.78 is 0.584. The third-order valence-corrected chi connectivity index (χ3v) is 4.32. The summed E-state index contributed by atoms with van der Waals surface area (Å²) in [5.41, 5.74) is 4.81. The number of hydrogen-bond donors (Lipinski definition) is 1. The lowest BCUT2D eigenvalue weighted by atomic mass is 10.0. The van der Waals surface area contributed by atoms with Crippen LogP contribution in [0.3, 0.4) is 0 Å². The average Bonchev–Trinajstić information content (AvgIpc) is 2.91. The van der Waals surface area contributed by atoms with Gasteiger partial charge in [-0.1, -0.05) is 53.6 Å². The first-order chi connectivity index (χ1) is 10.2. The van der Waals surface area contributed by atoms with E-state index in [9.17, 15) is 0 Å². The van der Waals surface area contributed by atoms with Crippen LogP contribution in [-0.4, -0.2) is 4.98 Å². The summed E-state index contributed by atoms with van der Waals surface area (Å²) >= 11 is 7.34. The fraction of sp³-hybridized carbons (Fsp3) is 0.118. The Bertz CT molecular complexity index is 752. The summed E-state index contributed by atoms with van der Waals surface area (Å²) in [6.45, 7) is 2.85. The van der Waals surface area contributed by atoms with Crippen molar-refractivity contribution in [1.82, 2.24) is 4.98 Å². The van der Waals surface area contributed by atoms with Crippen molar-refractivity contribution < 1.29 is 0 Å². The van der Waals surface area contributed by atoms with Gasteiger partial charge in [0.25, 0.3) is 0 Å². The predicted molar refractivity (Wildman–Crippen MR) is 91.1 cm³/mol. The maximum atomic E-state index is 5.84. The van der Waals surface area contributed by atoms with E-state index in [-0.39, 0.29) is 0 Å². The predicted octanol–water partition coefficient (Wildman–Crippen LogP) is 5.38. The van der Waals surface area contributed by atoms with Crippen LogP contribution >= 0.6 is 22.9 Å². The molecule has 0 atom stereocenters. The van der Waals surface area contributed by atoms with E-state index in [1.165, 1.54) is 28.0 Å². The second-order valence-corrected chi connectivity index (χ2v) is 6.58. The fourth-order valence-corrected chi connectivity index (χ4v) is 3.11. The minimum Gasteiger partial charge on any atom is -0.380 e. The molecular formula is C17H15ClN2S. The number of thiazole rings is 1. The van der Waals surface area contributed by atoms with Gasteiger partial charge in [-0.15, -0.1) is 11.3 Å². The van der Waals surface area contributed by atoms with Crippen LogP contribution in [0.25, 0.3) is 11.1 Å². The Kier molecular flexibility index (Phi) is 4.23. The third-order valence-electron chi connectivity index (χ3n) is 3.21. The Morgan fingerprint density at radius 3 is 2.57 bits per heavy atom. The zero-order chi connectivity index (χ0) is 14.7. The van der Waals surface area contributed by atoms with Gasteiger partial charge in [-0.3, -0.25) is 0 Å². The van der Waals surface area contributed by atoms with Gasteiger partial charge in [0, 0.05) is 16.8 Å². The molecule has 0 aliphatic carbocycles. The van der Waals surface area contributed by atoms with Crippen LogP contribution in [0.1, 0.15) is 10.4 Å². The SMILES string of the molecule is Cc1cccc(-c2cccc(NCc3cnc(Cl)s3)c2)c1. The molecule has 0 fully saturated rings. The molecule has 4 heteroatoms. The Balaban J connectivity index is 1.77. The number of rotatable bonds is 4. The van der Waals surface area contributed by atoms with Crippen molar-refractivity contribution in [2.45, 2.75) is 13.5 Å². The molecule has 2 aromatic carbocycles. The Morgan fingerprint density at radius 1 is 1.10 bits per heavy atom. The van der Waals surface area contributed by atoms with Gasteiger partial charge in [0.05, 0.1) is 6.54 Å². The molecular weight excluding hydrogens is 300 g/mol. The molecule has 0 unspecified atom stereocenters. The van der Waals surface area contributed by atoms with E-state index in [1.807, 2.05) is 6.20 Å². The number of anilines is 1. The zero-order valence-electron chi connectivity index (χ0n) is 11.6. The number of nitrogens with zero attached hydrogens (tertiary/aromatic N) is 1. The van der Waals surface area contributed by atoms with Gasteiger partial charge in [0.1, 0.15) is 0 Å². The standard InChI is InChI=1S/C17H15ClN2S/c1-12-4-2-5-13(8-12)14-6-3-7-15(9-14)19-10-16-11-20-17(18)21-16/h2-9,11,19H,10H2,1H3. The van der Waals surface area contributed by atoms with Crippen LogP contribution in [-0.2, 0) is 6.54 Å². The van der Waals surface area contributed by atoms with Gasteiger partial charge in [-0.25, -0.2) is 4.98 Å². The molecule has 3 aromatic rings. The Hall–Kier alpha value is -1.84. The summed E-state index contributed by atoms with van der Waals surface area (Å²) in [5.74, 6) is 0. The van der Waals surface area contributed by atoms with Gasteiger partial charge in [-0.05, 0) is 30.2 Å². The van der Waals surface area contributed by atoms with Crippen molar-refractivity contribution >= 4 is 28.6 Å². The van der Waals surface area contributed by atoms with Crippen molar-refractivity contribution in [1.29, 1.82) is 0 Å². The zero-order valence-corrected chi connectivity index (χ0v) is 13.2. The monoisotopic (exact) mass is 314 g/mol. The molecule has 0 aliphatic rings. The molecule has 0 amide bonds. The molecule has 3 rings (SSSR count). The molecule has 1 aromatic heterocycles. The quantitative estimate of drug-likeness (QED) is 0.699. The van der Waals surface area contributed by atoms with E-state index < -0.39 is 0 Å². The molecule has 1 N–H and O–H groups in total. The van der Waals surface area contributed by atoms with E-state index in [4.69, 9.17) is 11.6 Å². The summed E-state index contributed by atoms with van der Waals surface area (Å²) in [6.07, 6.45) is 1.81. The number of benzene rings is 2. The molecule has 2 nitrogen and oxygen atoms in total. The topological polar surface area (TPSA) is 24.9 Å². The van der Waals surface area contributed by atoms with Crippen LogP contribution in [0.4, 0.5) is 5.69 Å². The minimum absolute atomic E-state index is 0.584. The van der Waals surface area contributed by atoms with Crippen molar-refractivity contribution in [3.63, 3.8) is 0 Å². The molecule has 0 aliphatic heterocycles. The number of nitrogens with one attached hydrogen (secondary N) is 1. The van der Waals surface area contributed by atoms with E-state index >= 15 is 0 Å². The van der Waals surface area contributed by atoms with Crippen molar-refractivity contribution in [2.24, 2.45) is 0 Å². The van der Waals surface area contributed by atoms with E-state index in [1.54, 1.807) is 0 Å². The maximum absolute atomic E-state index is 5.84. The van der Waals surface area contributed by atoms with Crippen LogP contribution in [0.5, 0.6) is 0 Å². The molecule has 0 radical (unpaired) electrons. The van der Waals surface area contributed by atoms with Crippen LogP contribution in [0.2, 0.25) is 4.47 Å². The second kappa shape index (κ2) is 6.29. The Morgan fingerprint density at radius 2 is 1.86 bits per heavy atom. The first-order valence-corrected chi connectivity index (χ1v) is 7.91. The number of aryl methyl sites for hydroxylation is 1. The van der Waals surface area contributed by atoms with Crippen molar-refractivity contribution in [3.8, 4) is 11.1 Å². The normalized spacial score (nSPS) is 10.6. The highest BCUT2D eigenvalue weighted by molar-refractivity contribution is 7.15. The lowest BCUT2D eigenvalue weighted by molar-refractivity contribution is 1.17. The first-order valence-electron chi connectivity index (χ1n) is 6.72. The highest BCUT2D eigenvalue weighted by atomic mass is 35.5. The lowest BCUT2D eigenvalue weighted by Crippen LogP contribution is -1.97. The van der Waals surface area contributed by atoms with Crippen LogP contribution in [0, 0.1) is 6.92 Å². The molecule has 0 saturated heterocycles. The van der Waals surface area contributed by atoms with Gasteiger partial charge in [-0.2, -0.15) is 0 Å². The molecule has 1 heterocycles. The summed E-state index contributed by atoms with van der Waals surface area (Å²) in [4.78, 5) is 5.17. The molecule has 21 heavy (non-hydrogen) atoms. The average molecular weight is 315 g/mol. The van der Waals surface area contributed by atoms with E-state index in [2.05, 4.69) is 65.8 Å². The van der Waals surface area contributed by atoms with Gasteiger partial charge in [0.2, 0.25) is 0 Å². The lowest BCUT2D eigenvalue weighted by Gasteiger charge is -2.08. The minimum atomic E-state index is 0.584. The molecule has 0 saturated carbocycles. The summed E-state index contributed by atoms with van der Waals surface area (Å²) in [5, 5.41) is 3.41. The Labute approximate surface area is 133 Å². The van der Waals surface area contributed by atoms with Crippen LogP contribution in [0.15, 0.2) is 54.7 Å². The summed E-state index contributed by atoms with van der Waals surface area (Å²) in [6, 6.07) is 17.0. The number of hydrogen-bond acceptors (Lipinski definition) is 3. The molecule has 0 bridgehead atoms. The van der Waals surface area contributed by atoms with Gasteiger partial charge in [0.15, 0.2) is 4.47 Å². The fourth-order valence-electron chi connectivity index (χ4n) is 2.19. The highest BCUT2D eigenvalue weighted by Gasteiger charge is 2.02. The maximum Gasteiger partial charge on any atom is 0.183 e. The van der Waals surface area contributed by atoms with E-state index in [0.29, 0.717) is 4.47 Å². The van der Waals surface area contributed by atoms with E-state index in [0.717, 1.165) is 17.1 Å². The van der Waals surface area contributed by atoms with Crippen molar-refractivity contribution in [3.05, 3.63) is 69.6 Å². The molecule has 0 spiro atoms. The molecule has 106 valence electrons.